The van der Waals surface area contributed by atoms with E-state index in [2.05, 4.69) is 31.0 Å². The fourth-order valence-electron chi connectivity index (χ4n) is 4.42. The van der Waals surface area contributed by atoms with Gasteiger partial charge in [0.1, 0.15) is 0 Å². The number of halogens is 1. The lowest BCUT2D eigenvalue weighted by atomic mass is 10.1. The van der Waals surface area contributed by atoms with Gasteiger partial charge in [-0.3, -0.25) is 9.69 Å². The molecule has 2 aromatic carbocycles. The lowest BCUT2D eigenvalue weighted by Crippen LogP contribution is -2.58. The molecule has 2 saturated heterocycles. The molecule has 0 spiro atoms. The molecular formula is C23H23ClN6O3. The van der Waals surface area contributed by atoms with Gasteiger partial charge in [-0.15, -0.1) is 10.2 Å². The van der Waals surface area contributed by atoms with E-state index in [-0.39, 0.29) is 30.1 Å². The van der Waals surface area contributed by atoms with Gasteiger partial charge in [-0.25, -0.2) is 4.79 Å². The van der Waals surface area contributed by atoms with Gasteiger partial charge < -0.3 is 20.4 Å². The van der Waals surface area contributed by atoms with E-state index in [1.54, 1.807) is 24.3 Å². The smallest absolute Gasteiger partial charge is 0.319 e. The van der Waals surface area contributed by atoms with Gasteiger partial charge in [-0.2, -0.15) is 0 Å². The fraction of sp³-hybridized carbons (Fsp3) is 0.304. The van der Waals surface area contributed by atoms with Crippen molar-refractivity contribution in [3.8, 4) is 11.5 Å². The minimum Gasteiger partial charge on any atom is -0.421 e. The second kappa shape index (κ2) is 9.21. The van der Waals surface area contributed by atoms with Crippen LogP contribution in [0.3, 0.4) is 0 Å². The summed E-state index contributed by atoms with van der Waals surface area (Å²) in [6.45, 7) is 1.05. The zero-order valence-electron chi connectivity index (χ0n) is 17.7. The monoisotopic (exact) mass is 466 g/mol. The first kappa shape index (κ1) is 21.4. The number of aromatic nitrogens is 2. The van der Waals surface area contributed by atoms with Gasteiger partial charge in [-0.05, 0) is 36.8 Å². The number of nitrogens with zero attached hydrogens (tertiary/aromatic N) is 3. The van der Waals surface area contributed by atoms with Crippen LogP contribution in [0.25, 0.3) is 11.5 Å². The van der Waals surface area contributed by atoms with Crippen LogP contribution in [0.1, 0.15) is 12.3 Å². The Hall–Kier alpha value is -3.43. The van der Waals surface area contributed by atoms with Crippen molar-refractivity contribution in [2.45, 2.75) is 31.0 Å². The summed E-state index contributed by atoms with van der Waals surface area (Å²) in [4.78, 5) is 27.1. The summed E-state index contributed by atoms with van der Waals surface area (Å²) in [5.41, 5.74) is 1.47. The number of hydrogen-bond donors (Lipinski definition) is 3. The van der Waals surface area contributed by atoms with Gasteiger partial charge in [0, 0.05) is 47.9 Å². The van der Waals surface area contributed by atoms with Crippen LogP contribution in [0.15, 0.2) is 59.0 Å². The molecule has 170 valence electrons. The van der Waals surface area contributed by atoms with Crippen molar-refractivity contribution in [3.63, 3.8) is 0 Å². The van der Waals surface area contributed by atoms with Crippen molar-refractivity contribution in [1.29, 1.82) is 0 Å². The summed E-state index contributed by atoms with van der Waals surface area (Å²) in [5, 5.41) is 17.6. The summed E-state index contributed by atoms with van der Waals surface area (Å²) in [7, 11) is 0. The van der Waals surface area contributed by atoms with Crippen LogP contribution in [0, 0.1) is 0 Å². The Morgan fingerprint density at radius 3 is 2.85 bits per heavy atom. The predicted octanol–water partition coefficient (Wildman–Crippen LogP) is 2.70. The largest absolute Gasteiger partial charge is 0.421 e. The molecule has 2 aliphatic heterocycles. The Morgan fingerprint density at radius 2 is 2.03 bits per heavy atom. The zero-order valence-corrected chi connectivity index (χ0v) is 18.5. The molecule has 1 aromatic heterocycles. The second-order valence-electron chi connectivity index (χ2n) is 8.22. The SMILES string of the molecule is O=C(Nc1cccc(Cl)c1)N[C@H]1C[C@H]2C(=O)NC[C@@H](Cc3nnc(-c4ccccc4)o3)N2C1. The number of anilines is 1. The van der Waals surface area contributed by atoms with Crippen molar-refractivity contribution in [3.05, 3.63) is 65.5 Å². The van der Waals surface area contributed by atoms with Gasteiger partial charge in [0.15, 0.2) is 0 Å². The van der Waals surface area contributed by atoms with Gasteiger partial charge in [-0.1, -0.05) is 35.9 Å². The Balaban J connectivity index is 1.22. The van der Waals surface area contributed by atoms with E-state index in [1.807, 2.05) is 30.3 Å². The van der Waals surface area contributed by atoms with E-state index in [1.165, 1.54) is 0 Å². The number of urea groups is 1. The molecule has 2 aliphatic rings. The molecule has 33 heavy (non-hydrogen) atoms. The van der Waals surface area contributed by atoms with Crippen LogP contribution >= 0.6 is 11.6 Å². The molecule has 3 atom stereocenters. The lowest BCUT2D eigenvalue weighted by molar-refractivity contribution is -0.129. The predicted molar refractivity (Wildman–Crippen MR) is 123 cm³/mol. The molecule has 0 saturated carbocycles. The van der Waals surface area contributed by atoms with Crippen molar-refractivity contribution >= 4 is 29.2 Å². The van der Waals surface area contributed by atoms with Crippen LogP contribution < -0.4 is 16.0 Å². The van der Waals surface area contributed by atoms with Gasteiger partial charge in [0.25, 0.3) is 0 Å². The first-order valence-corrected chi connectivity index (χ1v) is 11.2. The number of piperazine rings is 1. The summed E-state index contributed by atoms with van der Waals surface area (Å²) in [5.74, 6) is 0.964. The molecule has 0 aliphatic carbocycles. The van der Waals surface area contributed by atoms with Crippen LogP contribution in [0.4, 0.5) is 10.5 Å². The number of hydrogen-bond acceptors (Lipinski definition) is 6. The molecule has 0 bridgehead atoms. The highest BCUT2D eigenvalue weighted by Gasteiger charge is 2.44. The van der Waals surface area contributed by atoms with E-state index in [0.29, 0.717) is 48.4 Å². The van der Waals surface area contributed by atoms with E-state index >= 15 is 0 Å². The van der Waals surface area contributed by atoms with E-state index in [9.17, 15) is 9.59 Å². The van der Waals surface area contributed by atoms with Crippen molar-refractivity contribution in [2.24, 2.45) is 0 Å². The Labute approximate surface area is 195 Å². The molecule has 0 radical (unpaired) electrons. The Bertz CT molecular complexity index is 1150. The number of carbonyl (C=O) groups excluding carboxylic acids is 2. The number of rotatable bonds is 5. The summed E-state index contributed by atoms with van der Waals surface area (Å²) >= 11 is 5.98. The van der Waals surface area contributed by atoms with Crippen LogP contribution in [0.5, 0.6) is 0 Å². The third kappa shape index (κ3) is 4.84. The summed E-state index contributed by atoms with van der Waals surface area (Å²) in [6.07, 6.45) is 1.04. The summed E-state index contributed by atoms with van der Waals surface area (Å²) < 4.78 is 5.86. The van der Waals surface area contributed by atoms with Crippen LogP contribution in [-0.4, -0.2) is 58.3 Å². The number of carbonyl (C=O) groups is 2. The number of nitrogens with one attached hydrogen (secondary N) is 3. The first-order valence-electron chi connectivity index (χ1n) is 10.8. The van der Waals surface area contributed by atoms with E-state index < -0.39 is 0 Å². The highest BCUT2D eigenvalue weighted by atomic mass is 35.5. The lowest BCUT2D eigenvalue weighted by Gasteiger charge is -2.36. The molecule has 2 fully saturated rings. The molecule has 5 rings (SSSR count). The average Bonchev–Trinajstić information content (AvgIpc) is 3.44. The van der Waals surface area contributed by atoms with E-state index in [4.69, 9.17) is 16.0 Å². The highest BCUT2D eigenvalue weighted by Crippen LogP contribution is 2.26. The average molecular weight is 467 g/mol. The Kier molecular flexibility index (Phi) is 5.97. The fourth-order valence-corrected chi connectivity index (χ4v) is 4.61. The molecule has 0 unspecified atom stereocenters. The van der Waals surface area contributed by atoms with Crippen LogP contribution in [-0.2, 0) is 11.2 Å². The second-order valence-corrected chi connectivity index (χ2v) is 8.66. The maximum atomic E-state index is 12.5. The minimum absolute atomic E-state index is 0.000403. The normalized spacial score (nSPS) is 22.5. The minimum atomic E-state index is -0.330. The zero-order chi connectivity index (χ0) is 22.8. The van der Waals surface area contributed by atoms with E-state index in [0.717, 1.165) is 5.56 Å². The van der Waals surface area contributed by atoms with Crippen molar-refractivity contribution in [1.82, 2.24) is 25.7 Å². The van der Waals surface area contributed by atoms with Gasteiger partial charge >= 0.3 is 6.03 Å². The first-order chi connectivity index (χ1) is 16.0. The number of amides is 3. The molecular weight excluding hydrogens is 444 g/mol. The topological polar surface area (TPSA) is 112 Å². The molecule has 3 amide bonds. The highest BCUT2D eigenvalue weighted by molar-refractivity contribution is 6.30. The van der Waals surface area contributed by atoms with Crippen LogP contribution in [0.2, 0.25) is 5.02 Å². The molecule has 3 heterocycles. The third-order valence-corrected chi connectivity index (χ3v) is 6.17. The number of benzene rings is 2. The van der Waals surface area contributed by atoms with Crippen molar-refractivity contribution < 1.29 is 14.0 Å². The molecule has 3 aromatic rings. The third-order valence-electron chi connectivity index (χ3n) is 5.94. The maximum Gasteiger partial charge on any atom is 0.319 e. The Morgan fingerprint density at radius 1 is 1.18 bits per heavy atom. The van der Waals surface area contributed by atoms with Gasteiger partial charge in [0.05, 0.1) is 6.04 Å². The van der Waals surface area contributed by atoms with Gasteiger partial charge in [0.2, 0.25) is 17.7 Å². The standard InChI is InChI=1S/C23H23ClN6O3/c24-15-7-4-8-16(9-15)26-23(32)27-17-10-19-21(31)25-12-18(30(19)13-17)11-20-28-29-22(33-20)14-5-2-1-3-6-14/h1-9,17-19H,10-13H2,(H,25,31)(H2,26,27,32)/t17-,18+,19-/m0/s1. The quantitative estimate of drug-likeness (QED) is 0.533. The molecule has 10 heteroatoms. The maximum absolute atomic E-state index is 12.5. The van der Waals surface area contributed by atoms with Crippen molar-refractivity contribution in [2.75, 3.05) is 18.4 Å². The summed E-state index contributed by atoms with van der Waals surface area (Å²) in [6, 6.07) is 15.7. The molecule has 3 N–H and O–H groups in total. The molecule has 9 nitrogen and oxygen atoms in total. The number of fused-ring (bicyclic) bond motifs is 1.